The number of rotatable bonds is 2. The van der Waals surface area contributed by atoms with E-state index in [0.717, 1.165) is 6.20 Å². The molecule has 0 saturated heterocycles. The first-order valence-corrected chi connectivity index (χ1v) is 4.03. The maximum atomic E-state index is 12.3. The normalized spacial score (nSPS) is 10.1. The summed E-state index contributed by atoms with van der Waals surface area (Å²) >= 11 is 5.11. The van der Waals surface area contributed by atoms with E-state index in [2.05, 4.69) is 4.98 Å². The largest absolute Gasteiger partial charge is 0.398 e. The van der Waals surface area contributed by atoms with E-state index in [9.17, 15) is 13.6 Å². The number of nitrogens with two attached hydrogens (primary N) is 1. The maximum absolute atomic E-state index is 12.3. The molecule has 15 heavy (non-hydrogen) atoms. The van der Waals surface area contributed by atoms with Crippen molar-refractivity contribution >= 4 is 22.5 Å². The highest BCUT2D eigenvalue weighted by atomic mass is 35.5. The Morgan fingerprint density at radius 1 is 1.67 bits per heavy atom. The van der Waals surface area contributed by atoms with Gasteiger partial charge in [0, 0.05) is 6.20 Å². The van der Waals surface area contributed by atoms with Crippen LogP contribution >= 0.6 is 11.6 Å². The molecule has 0 aliphatic heterocycles. The lowest BCUT2D eigenvalue weighted by atomic mass is 10.1. The molecule has 1 aromatic heterocycles. The molecule has 0 atom stereocenters. The second-order valence-corrected chi connectivity index (χ2v) is 2.88. The maximum Gasteiger partial charge on any atom is 0.267 e. The van der Waals surface area contributed by atoms with Gasteiger partial charge in [0.2, 0.25) is 0 Å². The molecule has 0 saturated carbocycles. The van der Waals surface area contributed by atoms with Crippen molar-refractivity contribution in [2.75, 3.05) is 5.73 Å². The smallest absolute Gasteiger partial charge is 0.267 e. The second kappa shape index (κ2) is 4.19. The van der Waals surface area contributed by atoms with Gasteiger partial charge in [-0.1, -0.05) is 0 Å². The van der Waals surface area contributed by atoms with E-state index >= 15 is 0 Å². The van der Waals surface area contributed by atoms with Crippen molar-refractivity contribution in [3.05, 3.63) is 23.0 Å². The predicted molar refractivity (Wildman–Crippen MR) is 48.5 cm³/mol. The van der Waals surface area contributed by atoms with Crippen LogP contribution in [-0.4, -0.2) is 10.2 Å². The highest BCUT2D eigenvalue weighted by Gasteiger charge is 2.21. The lowest BCUT2D eigenvalue weighted by Crippen LogP contribution is -2.07. The number of halogens is 3. The summed E-state index contributed by atoms with van der Waals surface area (Å²) in [6, 6.07) is 1.54. The Hall–Kier alpha value is -1.74. The summed E-state index contributed by atoms with van der Waals surface area (Å²) in [5, 5.41) is 7.47. The molecule has 0 amide bonds. The Morgan fingerprint density at radius 3 is 2.67 bits per heavy atom. The molecule has 1 heterocycles. The summed E-state index contributed by atoms with van der Waals surface area (Å²) in [4.78, 5) is 14.2. The van der Waals surface area contributed by atoms with Crippen molar-refractivity contribution < 1.29 is 13.6 Å². The standard InChI is InChI=1S/C8H4ClF2N3O/c9-7(15)5-4(1-12)14-2-3(6(5)13)8(10)11/h2,8H,(H2,13,14). The Labute approximate surface area is 88.3 Å². The Kier molecular flexibility index (Phi) is 3.17. The monoisotopic (exact) mass is 231 g/mol. The zero-order valence-corrected chi connectivity index (χ0v) is 7.92. The summed E-state index contributed by atoms with van der Waals surface area (Å²) in [5.74, 6) is 0. The fourth-order valence-corrected chi connectivity index (χ4v) is 1.19. The molecule has 78 valence electrons. The molecule has 1 rings (SSSR count). The molecule has 4 nitrogen and oxygen atoms in total. The van der Waals surface area contributed by atoms with E-state index in [0.29, 0.717) is 0 Å². The number of carbonyl (C=O) groups is 1. The van der Waals surface area contributed by atoms with E-state index in [1.54, 1.807) is 6.07 Å². The fraction of sp³-hybridized carbons (Fsp3) is 0.125. The molecule has 7 heteroatoms. The van der Waals surface area contributed by atoms with Crippen LogP contribution < -0.4 is 5.73 Å². The molecule has 0 aliphatic rings. The van der Waals surface area contributed by atoms with Crippen molar-refractivity contribution in [2.24, 2.45) is 0 Å². The van der Waals surface area contributed by atoms with Crippen LogP contribution in [0.15, 0.2) is 6.20 Å². The molecule has 0 aromatic carbocycles. The molecular weight excluding hydrogens is 228 g/mol. The molecule has 1 aromatic rings. The molecule has 2 N–H and O–H groups in total. The number of carbonyl (C=O) groups excluding carboxylic acids is 1. The number of nitrogen functional groups attached to an aromatic ring is 1. The van der Waals surface area contributed by atoms with Crippen LogP contribution in [0.5, 0.6) is 0 Å². The summed E-state index contributed by atoms with van der Waals surface area (Å²) < 4.78 is 24.7. The number of anilines is 1. The Morgan fingerprint density at radius 2 is 2.27 bits per heavy atom. The molecule has 0 unspecified atom stereocenters. The van der Waals surface area contributed by atoms with E-state index < -0.39 is 28.5 Å². The average Bonchev–Trinajstić information content (AvgIpc) is 2.15. The van der Waals surface area contributed by atoms with Crippen LogP contribution in [0.25, 0.3) is 0 Å². The number of nitrogens with zero attached hydrogens (tertiary/aromatic N) is 2. The van der Waals surface area contributed by atoms with Gasteiger partial charge in [-0.05, 0) is 11.6 Å². The number of alkyl halides is 2. The zero-order chi connectivity index (χ0) is 11.6. The van der Waals surface area contributed by atoms with E-state index in [-0.39, 0.29) is 5.69 Å². The van der Waals surface area contributed by atoms with Gasteiger partial charge in [0.15, 0.2) is 5.69 Å². The number of hydrogen-bond acceptors (Lipinski definition) is 4. The van der Waals surface area contributed by atoms with Gasteiger partial charge in [0.25, 0.3) is 11.7 Å². The van der Waals surface area contributed by atoms with Crippen molar-refractivity contribution in [1.29, 1.82) is 5.26 Å². The summed E-state index contributed by atoms with van der Waals surface area (Å²) in [7, 11) is 0. The van der Waals surface area contributed by atoms with Crippen molar-refractivity contribution in [2.45, 2.75) is 6.43 Å². The minimum atomic E-state index is -2.87. The molecule has 0 bridgehead atoms. The van der Waals surface area contributed by atoms with Gasteiger partial charge in [-0.25, -0.2) is 13.8 Å². The predicted octanol–water partition coefficient (Wildman–Crippen LogP) is 1.85. The molecule has 0 aliphatic carbocycles. The number of pyridine rings is 1. The van der Waals surface area contributed by atoms with Gasteiger partial charge < -0.3 is 5.73 Å². The van der Waals surface area contributed by atoms with Gasteiger partial charge in [0.05, 0.1) is 16.8 Å². The van der Waals surface area contributed by atoms with Gasteiger partial charge in [-0.2, -0.15) is 5.26 Å². The molecule has 0 spiro atoms. The van der Waals surface area contributed by atoms with E-state index in [4.69, 9.17) is 22.6 Å². The second-order valence-electron chi connectivity index (χ2n) is 2.54. The summed E-state index contributed by atoms with van der Waals surface area (Å²) in [5.41, 5.74) is 3.33. The lowest BCUT2D eigenvalue weighted by Gasteiger charge is -2.07. The zero-order valence-electron chi connectivity index (χ0n) is 7.17. The highest BCUT2D eigenvalue weighted by molar-refractivity contribution is 6.68. The van der Waals surface area contributed by atoms with Crippen LogP contribution in [0, 0.1) is 11.3 Å². The Bertz CT molecular complexity index is 456. The van der Waals surface area contributed by atoms with Crippen LogP contribution in [0.4, 0.5) is 14.5 Å². The van der Waals surface area contributed by atoms with Gasteiger partial charge in [-0.15, -0.1) is 0 Å². The van der Waals surface area contributed by atoms with Crippen LogP contribution in [0.3, 0.4) is 0 Å². The van der Waals surface area contributed by atoms with Gasteiger partial charge in [-0.3, -0.25) is 4.79 Å². The third kappa shape index (κ3) is 2.02. The van der Waals surface area contributed by atoms with Crippen molar-refractivity contribution in [3.8, 4) is 6.07 Å². The number of aromatic nitrogens is 1. The van der Waals surface area contributed by atoms with Crippen LogP contribution in [-0.2, 0) is 0 Å². The third-order valence-electron chi connectivity index (χ3n) is 1.69. The van der Waals surface area contributed by atoms with Gasteiger partial charge in [0.1, 0.15) is 6.07 Å². The first-order valence-electron chi connectivity index (χ1n) is 3.65. The minimum Gasteiger partial charge on any atom is -0.398 e. The quantitative estimate of drug-likeness (QED) is 0.788. The van der Waals surface area contributed by atoms with Gasteiger partial charge >= 0.3 is 0 Å². The first-order chi connectivity index (χ1) is 6.99. The molecule has 0 fully saturated rings. The van der Waals surface area contributed by atoms with Crippen molar-refractivity contribution in [3.63, 3.8) is 0 Å². The Balaban J connectivity index is 3.51. The SMILES string of the molecule is N#Cc1ncc(C(F)F)c(N)c1C(=O)Cl. The number of hydrogen-bond donors (Lipinski definition) is 1. The molecule has 0 radical (unpaired) electrons. The fourth-order valence-electron chi connectivity index (χ4n) is 0.998. The highest BCUT2D eigenvalue weighted by Crippen LogP contribution is 2.29. The van der Waals surface area contributed by atoms with E-state index in [1.165, 1.54) is 0 Å². The summed E-state index contributed by atoms with van der Waals surface area (Å²) in [6.07, 6.45) is -2.12. The third-order valence-corrected chi connectivity index (χ3v) is 1.88. The van der Waals surface area contributed by atoms with Crippen molar-refractivity contribution in [1.82, 2.24) is 4.98 Å². The lowest BCUT2D eigenvalue weighted by molar-refractivity contribution is 0.108. The summed E-state index contributed by atoms with van der Waals surface area (Å²) in [6.45, 7) is 0. The minimum absolute atomic E-state index is 0.364. The van der Waals surface area contributed by atoms with Crippen LogP contribution in [0.2, 0.25) is 0 Å². The topological polar surface area (TPSA) is 79.8 Å². The molecular formula is C8H4ClF2N3O. The van der Waals surface area contributed by atoms with Crippen LogP contribution in [0.1, 0.15) is 28.0 Å². The first kappa shape index (κ1) is 11.3. The number of nitriles is 1. The average molecular weight is 232 g/mol. The van der Waals surface area contributed by atoms with E-state index in [1.807, 2.05) is 0 Å².